The van der Waals surface area contributed by atoms with Crippen LogP contribution in [0.25, 0.3) is 0 Å². The van der Waals surface area contributed by atoms with Gasteiger partial charge in [0.2, 0.25) is 0 Å². The Morgan fingerprint density at radius 1 is 1.14 bits per heavy atom. The fraction of sp³-hybridized carbons (Fsp3) is 0.588. The van der Waals surface area contributed by atoms with Crippen LogP contribution < -0.4 is 0 Å². The van der Waals surface area contributed by atoms with Crippen molar-refractivity contribution in [3.8, 4) is 0 Å². The van der Waals surface area contributed by atoms with E-state index in [-0.39, 0.29) is 11.9 Å². The van der Waals surface area contributed by atoms with Crippen molar-refractivity contribution in [1.82, 2.24) is 9.80 Å². The van der Waals surface area contributed by atoms with E-state index >= 15 is 0 Å². The maximum Gasteiger partial charge on any atom is 0.314 e. The lowest BCUT2D eigenvalue weighted by molar-refractivity contribution is -0.143. The number of carbonyl (C=O) groups is 1. The summed E-state index contributed by atoms with van der Waals surface area (Å²) in [6.45, 7) is 8.38. The number of hydrogen-bond acceptors (Lipinski definition) is 4. The largest absolute Gasteiger partial charge is 0.469 e. The zero-order chi connectivity index (χ0) is 15.1. The molecule has 0 amide bonds. The minimum atomic E-state index is -0.186. The van der Waals surface area contributed by atoms with Crippen molar-refractivity contribution in [2.75, 3.05) is 46.4 Å². The Morgan fingerprint density at radius 2 is 1.76 bits per heavy atom. The number of ether oxygens (including phenoxy) is 1. The molecule has 2 rings (SSSR count). The lowest BCUT2D eigenvalue weighted by atomic mass is 9.98. The van der Waals surface area contributed by atoms with Crippen LogP contribution in [0.15, 0.2) is 30.3 Å². The second kappa shape index (κ2) is 8.15. The molecule has 116 valence electrons. The standard InChI is InChI=1S/C17H26N2O2/c1-3-9-18-10-12-19(13-11-18)14-16(17(20)21-2)15-7-5-4-6-8-15/h4-8,16H,3,9-14H2,1-2H3. The smallest absolute Gasteiger partial charge is 0.314 e. The van der Waals surface area contributed by atoms with Gasteiger partial charge in [-0.1, -0.05) is 37.3 Å². The van der Waals surface area contributed by atoms with Crippen LogP contribution in [0.4, 0.5) is 0 Å². The SMILES string of the molecule is CCCN1CCN(CC(C(=O)OC)c2ccccc2)CC1. The number of benzene rings is 1. The number of piperazine rings is 1. The summed E-state index contributed by atoms with van der Waals surface area (Å²) < 4.78 is 4.99. The predicted molar refractivity (Wildman–Crippen MR) is 84.4 cm³/mol. The third-order valence-corrected chi connectivity index (χ3v) is 4.13. The highest BCUT2D eigenvalue weighted by Crippen LogP contribution is 2.19. The van der Waals surface area contributed by atoms with Crippen molar-refractivity contribution in [1.29, 1.82) is 0 Å². The van der Waals surface area contributed by atoms with Crippen molar-refractivity contribution in [2.45, 2.75) is 19.3 Å². The summed E-state index contributed by atoms with van der Waals surface area (Å²) in [6, 6.07) is 9.94. The van der Waals surface area contributed by atoms with E-state index in [1.54, 1.807) is 0 Å². The van der Waals surface area contributed by atoms with E-state index in [0.29, 0.717) is 0 Å². The van der Waals surface area contributed by atoms with Crippen LogP contribution in [0.3, 0.4) is 0 Å². The molecule has 4 nitrogen and oxygen atoms in total. The second-order valence-corrected chi connectivity index (χ2v) is 5.63. The van der Waals surface area contributed by atoms with E-state index in [9.17, 15) is 4.79 Å². The Labute approximate surface area is 127 Å². The zero-order valence-electron chi connectivity index (χ0n) is 13.1. The van der Waals surface area contributed by atoms with E-state index in [0.717, 1.165) is 38.3 Å². The maximum atomic E-state index is 12.1. The summed E-state index contributed by atoms with van der Waals surface area (Å²) in [4.78, 5) is 17.0. The first-order valence-electron chi connectivity index (χ1n) is 7.82. The van der Waals surface area contributed by atoms with Crippen molar-refractivity contribution in [3.05, 3.63) is 35.9 Å². The molecule has 0 saturated carbocycles. The fourth-order valence-corrected chi connectivity index (χ4v) is 2.91. The van der Waals surface area contributed by atoms with Crippen LogP contribution in [-0.2, 0) is 9.53 Å². The summed E-state index contributed by atoms with van der Waals surface area (Å²) in [5, 5.41) is 0. The monoisotopic (exact) mass is 290 g/mol. The Morgan fingerprint density at radius 3 is 2.33 bits per heavy atom. The summed E-state index contributed by atoms with van der Waals surface area (Å²) in [5.41, 5.74) is 1.04. The van der Waals surface area contributed by atoms with Crippen LogP contribution >= 0.6 is 0 Å². The molecule has 1 unspecified atom stereocenters. The number of esters is 1. The molecule has 1 aliphatic rings. The van der Waals surface area contributed by atoms with Gasteiger partial charge in [-0.25, -0.2) is 0 Å². The van der Waals surface area contributed by atoms with E-state index in [4.69, 9.17) is 4.74 Å². The van der Waals surface area contributed by atoms with Gasteiger partial charge in [0.05, 0.1) is 13.0 Å². The zero-order valence-corrected chi connectivity index (χ0v) is 13.1. The molecule has 1 heterocycles. The third kappa shape index (κ3) is 4.55. The van der Waals surface area contributed by atoms with E-state index in [1.165, 1.54) is 20.1 Å². The average Bonchev–Trinajstić information content (AvgIpc) is 2.54. The lowest BCUT2D eigenvalue weighted by Gasteiger charge is -2.35. The maximum absolute atomic E-state index is 12.1. The number of nitrogens with zero attached hydrogens (tertiary/aromatic N) is 2. The quantitative estimate of drug-likeness (QED) is 0.750. The van der Waals surface area contributed by atoms with Crippen LogP contribution in [0.2, 0.25) is 0 Å². The van der Waals surface area contributed by atoms with Gasteiger partial charge in [0.25, 0.3) is 0 Å². The third-order valence-electron chi connectivity index (χ3n) is 4.13. The van der Waals surface area contributed by atoms with E-state index in [1.807, 2.05) is 30.3 Å². The minimum Gasteiger partial charge on any atom is -0.469 e. The Bertz CT molecular complexity index is 428. The first-order chi connectivity index (χ1) is 10.2. The highest BCUT2D eigenvalue weighted by molar-refractivity contribution is 5.78. The van der Waals surface area contributed by atoms with Crippen LogP contribution in [0.1, 0.15) is 24.8 Å². The van der Waals surface area contributed by atoms with Crippen LogP contribution in [-0.4, -0.2) is 62.1 Å². The minimum absolute atomic E-state index is 0.141. The summed E-state index contributed by atoms with van der Waals surface area (Å²) in [7, 11) is 1.47. The molecule has 21 heavy (non-hydrogen) atoms. The molecule has 0 N–H and O–H groups in total. The second-order valence-electron chi connectivity index (χ2n) is 5.63. The van der Waals surface area contributed by atoms with Gasteiger partial charge in [0.1, 0.15) is 0 Å². The molecule has 1 fully saturated rings. The van der Waals surface area contributed by atoms with Gasteiger partial charge in [-0.3, -0.25) is 9.69 Å². The van der Waals surface area contributed by atoms with Crippen LogP contribution in [0, 0.1) is 0 Å². The lowest BCUT2D eigenvalue weighted by Crippen LogP contribution is -2.48. The molecule has 4 heteroatoms. The van der Waals surface area contributed by atoms with Gasteiger partial charge < -0.3 is 9.64 Å². The number of rotatable bonds is 6. The normalized spacial score (nSPS) is 18.4. The van der Waals surface area contributed by atoms with Gasteiger partial charge in [0, 0.05) is 32.7 Å². The Kier molecular flexibility index (Phi) is 6.21. The number of carbonyl (C=O) groups excluding carboxylic acids is 1. The first-order valence-corrected chi connectivity index (χ1v) is 7.82. The number of methoxy groups -OCH3 is 1. The van der Waals surface area contributed by atoms with Crippen LogP contribution in [0.5, 0.6) is 0 Å². The Balaban J connectivity index is 1.96. The van der Waals surface area contributed by atoms with Crippen molar-refractivity contribution >= 4 is 5.97 Å². The highest BCUT2D eigenvalue weighted by Gasteiger charge is 2.26. The summed E-state index contributed by atoms with van der Waals surface area (Å²) in [6.07, 6.45) is 1.20. The van der Waals surface area contributed by atoms with E-state index in [2.05, 4.69) is 16.7 Å². The summed E-state index contributed by atoms with van der Waals surface area (Å²) >= 11 is 0. The molecule has 0 spiro atoms. The summed E-state index contributed by atoms with van der Waals surface area (Å²) in [5.74, 6) is -0.328. The molecule has 0 aliphatic carbocycles. The van der Waals surface area contributed by atoms with Gasteiger partial charge >= 0.3 is 5.97 Å². The first kappa shape index (κ1) is 16.0. The number of hydrogen-bond donors (Lipinski definition) is 0. The average molecular weight is 290 g/mol. The molecule has 0 aromatic heterocycles. The van der Waals surface area contributed by atoms with Gasteiger partial charge in [0.15, 0.2) is 0 Å². The molecule has 1 aromatic rings. The predicted octanol–water partition coefficient (Wildman–Crippen LogP) is 1.97. The molecule has 1 aliphatic heterocycles. The van der Waals surface area contributed by atoms with Crippen molar-refractivity contribution < 1.29 is 9.53 Å². The van der Waals surface area contributed by atoms with E-state index < -0.39 is 0 Å². The molecule has 0 radical (unpaired) electrons. The molecule has 0 bridgehead atoms. The molecule has 1 atom stereocenters. The van der Waals surface area contributed by atoms with Gasteiger partial charge in [-0.05, 0) is 18.5 Å². The molecule has 1 saturated heterocycles. The van der Waals surface area contributed by atoms with Gasteiger partial charge in [-0.15, -0.1) is 0 Å². The topological polar surface area (TPSA) is 32.8 Å². The van der Waals surface area contributed by atoms with Crippen molar-refractivity contribution in [3.63, 3.8) is 0 Å². The van der Waals surface area contributed by atoms with Crippen molar-refractivity contribution in [2.24, 2.45) is 0 Å². The fourth-order valence-electron chi connectivity index (χ4n) is 2.91. The van der Waals surface area contributed by atoms with Gasteiger partial charge in [-0.2, -0.15) is 0 Å². The highest BCUT2D eigenvalue weighted by atomic mass is 16.5. The molecule has 1 aromatic carbocycles. The molecular formula is C17H26N2O2. The molecular weight excluding hydrogens is 264 g/mol. The Hall–Kier alpha value is -1.39.